The van der Waals surface area contributed by atoms with Gasteiger partial charge in [0.2, 0.25) is 6.79 Å². The van der Waals surface area contributed by atoms with Gasteiger partial charge in [-0.3, -0.25) is 0 Å². The summed E-state index contributed by atoms with van der Waals surface area (Å²) in [5.41, 5.74) is 3.25. The van der Waals surface area contributed by atoms with Crippen molar-refractivity contribution in [3.63, 3.8) is 0 Å². The molecular formula is C26H27NO6S. The van der Waals surface area contributed by atoms with Gasteiger partial charge in [0, 0.05) is 11.1 Å². The molecule has 2 aromatic carbocycles. The average Bonchev–Trinajstić information content (AvgIpc) is 3.42. The summed E-state index contributed by atoms with van der Waals surface area (Å²) in [5, 5.41) is 0.611. The highest BCUT2D eigenvalue weighted by molar-refractivity contribution is 7.16. The molecular weight excluding hydrogens is 454 g/mol. The van der Waals surface area contributed by atoms with Crippen molar-refractivity contribution in [1.82, 2.24) is 0 Å². The molecule has 0 radical (unpaired) electrons. The molecule has 0 spiro atoms. The number of aliphatic imine (C=N–C) groups is 1. The van der Waals surface area contributed by atoms with Gasteiger partial charge in [-0.2, -0.15) is 0 Å². The van der Waals surface area contributed by atoms with Gasteiger partial charge in [-0.25, -0.2) is 9.79 Å². The van der Waals surface area contributed by atoms with E-state index in [4.69, 9.17) is 23.7 Å². The Bertz CT molecular complexity index is 1220. The van der Waals surface area contributed by atoms with Gasteiger partial charge in [0.25, 0.3) is 0 Å². The van der Waals surface area contributed by atoms with Crippen molar-refractivity contribution >= 4 is 28.5 Å². The molecule has 0 saturated heterocycles. The van der Waals surface area contributed by atoms with Crippen molar-refractivity contribution in [1.29, 1.82) is 0 Å². The van der Waals surface area contributed by atoms with E-state index in [1.54, 1.807) is 20.2 Å². The normalized spacial score (nSPS) is 12.2. The van der Waals surface area contributed by atoms with E-state index in [-0.39, 0.29) is 19.4 Å². The minimum Gasteiger partial charge on any atom is -0.493 e. The number of thiophene rings is 1. The van der Waals surface area contributed by atoms with E-state index in [1.165, 1.54) is 11.3 Å². The predicted octanol–water partition coefficient (Wildman–Crippen LogP) is 5.71. The number of carbonyl (C=O) groups excluding carboxylic acids is 1. The lowest BCUT2D eigenvalue weighted by molar-refractivity contribution is 0.0527. The molecule has 34 heavy (non-hydrogen) atoms. The zero-order valence-electron chi connectivity index (χ0n) is 19.7. The quantitative estimate of drug-likeness (QED) is 0.288. The molecule has 3 aromatic rings. The lowest BCUT2D eigenvalue weighted by Gasteiger charge is -2.09. The molecule has 0 N–H and O–H groups in total. The van der Waals surface area contributed by atoms with E-state index >= 15 is 0 Å². The van der Waals surface area contributed by atoms with Crippen LogP contribution in [-0.4, -0.2) is 39.3 Å². The minimum atomic E-state index is -0.376. The summed E-state index contributed by atoms with van der Waals surface area (Å²) >= 11 is 1.47. The molecule has 178 valence electrons. The van der Waals surface area contributed by atoms with Gasteiger partial charge in [0.15, 0.2) is 23.0 Å². The summed E-state index contributed by atoms with van der Waals surface area (Å²) in [4.78, 5) is 18.6. The van der Waals surface area contributed by atoms with Crippen LogP contribution in [0.2, 0.25) is 0 Å². The van der Waals surface area contributed by atoms with Gasteiger partial charge >= 0.3 is 5.97 Å². The number of aryl methyl sites for hydroxylation is 1. The van der Waals surface area contributed by atoms with Crippen LogP contribution in [0.4, 0.5) is 5.00 Å². The number of methoxy groups -OCH3 is 1. The Kier molecular flexibility index (Phi) is 7.37. The molecule has 0 fully saturated rings. The number of rotatable bonds is 9. The highest BCUT2D eigenvalue weighted by Gasteiger charge is 2.24. The third-order valence-corrected chi connectivity index (χ3v) is 6.36. The largest absolute Gasteiger partial charge is 0.493 e. The fourth-order valence-electron chi connectivity index (χ4n) is 3.71. The maximum absolute atomic E-state index is 12.9. The molecule has 1 aliphatic heterocycles. The van der Waals surface area contributed by atoms with Crippen LogP contribution in [0.3, 0.4) is 0 Å². The van der Waals surface area contributed by atoms with Gasteiger partial charge in [0.05, 0.1) is 20.3 Å². The molecule has 0 bridgehead atoms. The molecule has 0 atom stereocenters. The zero-order valence-corrected chi connectivity index (χ0v) is 20.5. The summed E-state index contributed by atoms with van der Waals surface area (Å²) in [6.07, 6.45) is 2.27. The minimum absolute atomic E-state index is 0.222. The number of fused-ring (bicyclic) bond motifs is 1. The van der Waals surface area contributed by atoms with Crippen molar-refractivity contribution < 1.29 is 28.5 Å². The Balaban J connectivity index is 1.67. The fourth-order valence-corrected chi connectivity index (χ4v) is 4.71. The van der Waals surface area contributed by atoms with Gasteiger partial charge in [-0.15, -0.1) is 11.3 Å². The first kappa shape index (κ1) is 23.6. The Morgan fingerprint density at radius 3 is 2.68 bits per heavy atom. The van der Waals surface area contributed by atoms with Crippen LogP contribution in [0, 0.1) is 6.92 Å². The van der Waals surface area contributed by atoms with E-state index in [9.17, 15) is 4.79 Å². The number of ether oxygens (including phenoxy) is 5. The topological polar surface area (TPSA) is 75.6 Å². The summed E-state index contributed by atoms with van der Waals surface area (Å²) in [5.74, 6) is 2.37. The highest BCUT2D eigenvalue weighted by Crippen LogP contribution is 2.39. The van der Waals surface area contributed by atoms with Gasteiger partial charge in [0.1, 0.15) is 10.6 Å². The molecule has 2 heterocycles. The monoisotopic (exact) mass is 481 g/mol. The number of nitrogens with zero attached hydrogens (tertiary/aromatic N) is 1. The van der Waals surface area contributed by atoms with Crippen LogP contribution in [0.25, 0.3) is 0 Å². The van der Waals surface area contributed by atoms with E-state index in [0.29, 0.717) is 40.8 Å². The van der Waals surface area contributed by atoms with Gasteiger partial charge < -0.3 is 23.7 Å². The summed E-state index contributed by atoms with van der Waals surface area (Å²) in [6.45, 7) is 6.77. The number of esters is 1. The molecule has 8 heteroatoms. The lowest BCUT2D eigenvalue weighted by Crippen LogP contribution is -2.07. The molecule has 0 aliphatic carbocycles. The smallest absolute Gasteiger partial charge is 0.341 e. The van der Waals surface area contributed by atoms with Crippen molar-refractivity contribution in [2.24, 2.45) is 4.99 Å². The average molecular weight is 482 g/mol. The molecule has 0 unspecified atom stereocenters. The number of benzene rings is 2. The molecule has 4 rings (SSSR count). The molecule has 1 aromatic heterocycles. The first-order chi connectivity index (χ1) is 16.5. The Hall–Kier alpha value is -3.52. The Morgan fingerprint density at radius 2 is 1.91 bits per heavy atom. The zero-order chi connectivity index (χ0) is 24.1. The van der Waals surface area contributed by atoms with Crippen LogP contribution in [0.5, 0.6) is 23.0 Å². The van der Waals surface area contributed by atoms with Crippen LogP contribution >= 0.6 is 11.3 Å². The summed E-state index contributed by atoms with van der Waals surface area (Å²) < 4.78 is 27.3. The third-order valence-electron chi connectivity index (χ3n) is 5.31. The highest BCUT2D eigenvalue weighted by atomic mass is 32.1. The molecule has 1 aliphatic rings. The Labute approximate surface area is 202 Å². The standard InChI is InChI=1S/C26H27NO6S/c1-5-30-20-10-8-18(13-22(20)29-4)14-27-25-24(26(28)31-6-2)19(16(3)34-25)11-17-7-9-21-23(12-17)33-15-32-21/h7-10,12-14H,5-6,11,15H2,1-4H3. The lowest BCUT2D eigenvalue weighted by atomic mass is 10.0. The van der Waals surface area contributed by atoms with Gasteiger partial charge in [-0.05, 0) is 74.2 Å². The van der Waals surface area contributed by atoms with Crippen LogP contribution in [0.1, 0.15) is 45.8 Å². The van der Waals surface area contributed by atoms with Crippen molar-refractivity contribution in [3.05, 3.63) is 63.5 Å². The first-order valence-corrected chi connectivity index (χ1v) is 11.9. The maximum Gasteiger partial charge on any atom is 0.341 e. The van der Waals surface area contributed by atoms with E-state index in [1.807, 2.05) is 50.2 Å². The SMILES string of the molecule is CCOC(=O)c1c(N=Cc2ccc(OCC)c(OC)c2)sc(C)c1Cc1ccc2c(c1)OCO2. The van der Waals surface area contributed by atoms with Crippen LogP contribution in [-0.2, 0) is 11.2 Å². The third kappa shape index (κ3) is 5.02. The molecule has 0 saturated carbocycles. The summed E-state index contributed by atoms with van der Waals surface area (Å²) in [6, 6.07) is 11.4. The maximum atomic E-state index is 12.9. The van der Waals surface area contributed by atoms with Crippen molar-refractivity contribution in [2.45, 2.75) is 27.2 Å². The fraction of sp³-hybridized carbons (Fsp3) is 0.308. The first-order valence-electron chi connectivity index (χ1n) is 11.1. The predicted molar refractivity (Wildman–Crippen MR) is 132 cm³/mol. The Morgan fingerprint density at radius 1 is 1.09 bits per heavy atom. The summed E-state index contributed by atoms with van der Waals surface area (Å²) in [7, 11) is 1.60. The second-order valence-electron chi connectivity index (χ2n) is 7.50. The van der Waals surface area contributed by atoms with E-state index in [2.05, 4.69) is 4.99 Å². The number of hydrogen-bond acceptors (Lipinski definition) is 8. The molecule has 7 nitrogen and oxygen atoms in total. The van der Waals surface area contributed by atoms with Crippen molar-refractivity contribution in [3.8, 4) is 23.0 Å². The number of carbonyl (C=O) groups is 1. The van der Waals surface area contributed by atoms with E-state index in [0.717, 1.165) is 27.3 Å². The number of hydrogen-bond donors (Lipinski definition) is 0. The van der Waals surface area contributed by atoms with Crippen molar-refractivity contribution in [2.75, 3.05) is 27.1 Å². The van der Waals surface area contributed by atoms with Crippen LogP contribution in [0.15, 0.2) is 41.4 Å². The van der Waals surface area contributed by atoms with Crippen LogP contribution < -0.4 is 18.9 Å². The molecule has 0 amide bonds. The second kappa shape index (κ2) is 10.6. The second-order valence-corrected chi connectivity index (χ2v) is 8.71. The van der Waals surface area contributed by atoms with E-state index < -0.39 is 0 Å². The van der Waals surface area contributed by atoms with Gasteiger partial charge in [-0.1, -0.05) is 6.07 Å².